The van der Waals surface area contributed by atoms with Crippen LogP contribution in [0.5, 0.6) is 0 Å². The van der Waals surface area contributed by atoms with Crippen molar-refractivity contribution in [3.63, 3.8) is 0 Å². The minimum Gasteiger partial charge on any atom is -0.350 e. The van der Waals surface area contributed by atoms with Crippen LogP contribution >= 0.6 is 0 Å². The molecule has 3 rings (SSSR count). The Hall–Kier alpha value is -3.29. The number of hydrogen-bond donors (Lipinski definition) is 1. The summed E-state index contributed by atoms with van der Waals surface area (Å²) in [5.74, 6) is 0.450. The minimum atomic E-state index is -0.155. The first-order valence-electron chi connectivity index (χ1n) is 8.67. The molecule has 0 radical (unpaired) electrons. The highest BCUT2D eigenvalue weighted by atomic mass is 16.1. The van der Waals surface area contributed by atoms with Crippen LogP contribution in [0.15, 0.2) is 41.5 Å². The number of amides is 1. The van der Waals surface area contributed by atoms with Gasteiger partial charge in [-0.3, -0.25) is 14.2 Å². The van der Waals surface area contributed by atoms with Crippen molar-refractivity contribution in [2.24, 2.45) is 0 Å². The van der Waals surface area contributed by atoms with Gasteiger partial charge in [-0.15, -0.1) is 0 Å². The van der Waals surface area contributed by atoms with E-state index < -0.39 is 0 Å². The molecule has 27 heavy (non-hydrogen) atoms. The molecular formula is C19H22N6O2. The quantitative estimate of drug-likeness (QED) is 0.706. The van der Waals surface area contributed by atoms with E-state index in [0.29, 0.717) is 23.4 Å². The van der Waals surface area contributed by atoms with Crippen molar-refractivity contribution < 1.29 is 4.79 Å². The average Bonchev–Trinajstić information content (AvgIpc) is 2.65. The van der Waals surface area contributed by atoms with Crippen LogP contribution in [-0.2, 0) is 17.9 Å². The van der Waals surface area contributed by atoms with Gasteiger partial charge in [0, 0.05) is 32.8 Å². The summed E-state index contributed by atoms with van der Waals surface area (Å²) in [7, 11) is 3.74. The van der Waals surface area contributed by atoms with Crippen LogP contribution < -0.4 is 15.8 Å². The summed E-state index contributed by atoms with van der Waals surface area (Å²) in [4.78, 5) is 39.4. The smallest absolute Gasteiger partial charge is 0.261 e. The number of benzene rings is 1. The molecule has 1 N–H and O–H groups in total. The van der Waals surface area contributed by atoms with E-state index >= 15 is 0 Å². The summed E-state index contributed by atoms with van der Waals surface area (Å²) >= 11 is 0. The van der Waals surface area contributed by atoms with Crippen molar-refractivity contribution in [3.05, 3.63) is 58.4 Å². The van der Waals surface area contributed by atoms with E-state index in [1.54, 1.807) is 18.2 Å². The molecule has 1 amide bonds. The Morgan fingerprint density at radius 1 is 1.22 bits per heavy atom. The normalized spacial score (nSPS) is 10.8. The van der Waals surface area contributed by atoms with Gasteiger partial charge >= 0.3 is 0 Å². The van der Waals surface area contributed by atoms with Crippen LogP contribution in [0, 0.1) is 6.92 Å². The van der Waals surface area contributed by atoms with Crippen molar-refractivity contribution in [1.29, 1.82) is 0 Å². The molecule has 0 spiro atoms. The van der Waals surface area contributed by atoms with E-state index in [9.17, 15) is 9.59 Å². The van der Waals surface area contributed by atoms with Crippen molar-refractivity contribution in [3.8, 4) is 0 Å². The number of aryl methyl sites for hydroxylation is 2. The van der Waals surface area contributed by atoms with E-state index in [0.717, 1.165) is 11.4 Å². The molecule has 3 aromatic rings. The molecule has 0 atom stereocenters. The SMILES string of the molecule is Cc1cc(CNC(=O)CCn2cnc3ccccc3c2=O)nc(N(C)C)n1. The second-order valence-corrected chi connectivity index (χ2v) is 6.48. The third kappa shape index (κ3) is 4.46. The van der Waals surface area contributed by atoms with Gasteiger partial charge in [0.05, 0.1) is 29.5 Å². The largest absolute Gasteiger partial charge is 0.350 e. The molecule has 0 saturated heterocycles. The maximum Gasteiger partial charge on any atom is 0.261 e. The first kappa shape index (κ1) is 18.5. The number of para-hydroxylation sites is 1. The van der Waals surface area contributed by atoms with Gasteiger partial charge in [-0.2, -0.15) is 0 Å². The zero-order valence-corrected chi connectivity index (χ0v) is 15.6. The van der Waals surface area contributed by atoms with Crippen LogP contribution in [-0.4, -0.2) is 39.5 Å². The fourth-order valence-electron chi connectivity index (χ4n) is 2.67. The van der Waals surface area contributed by atoms with Gasteiger partial charge in [-0.1, -0.05) is 12.1 Å². The third-order valence-corrected chi connectivity index (χ3v) is 4.07. The Bertz CT molecular complexity index is 1030. The zero-order valence-electron chi connectivity index (χ0n) is 15.6. The standard InChI is InChI=1S/C19H22N6O2/c1-13-10-14(23-19(22-13)24(2)3)11-20-17(26)8-9-25-12-21-16-7-5-4-6-15(16)18(25)27/h4-7,10,12H,8-9,11H2,1-3H3,(H,20,26). The number of fused-ring (bicyclic) bond motifs is 1. The maximum absolute atomic E-state index is 12.4. The molecule has 8 nitrogen and oxygen atoms in total. The lowest BCUT2D eigenvalue weighted by Crippen LogP contribution is -2.28. The van der Waals surface area contributed by atoms with Crippen molar-refractivity contribution in [2.75, 3.05) is 19.0 Å². The Kier molecular flexibility index (Phi) is 5.44. The number of aromatic nitrogens is 4. The van der Waals surface area contributed by atoms with Crippen LogP contribution in [0.4, 0.5) is 5.95 Å². The number of carbonyl (C=O) groups is 1. The van der Waals surface area contributed by atoms with Gasteiger partial charge in [0.25, 0.3) is 5.56 Å². The molecule has 0 aliphatic rings. The monoisotopic (exact) mass is 366 g/mol. The second-order valence-electron chi connectivity index (χ2n) is 6.48. The predicted molar refractivity (Wildman–Crippen MR) is 104 cm³/mol. The lowest BCUT2D eigenvalue weighted by Gasteiger charge is -2.13. The van der Waals surface area contributed by atoms with E-state index in [-0.39, 0.29) is 24.4 Å². The molecular weight excluding hydrogens is 344 g/mol. The lowest BCUT2D eigenvalue weighted by molar-refractivity contribution is -0.121. The highest BCUT2D eigenvalue weighted by molar-refractivity contribution is 5.77. The van der Waals surface area contributed by atoms with Crippen LogP contribution in [0.1, 0.15) is 17.8 Å². The molecule has 0 aliphatic carbocycles. The van der Waals surface area contributed by atoms with Crippen molar-refractivity contribution in [2.45, 2.75) is 26.4 Å². The summed E-state index contributed by atoms with van der Waals surface area (Å²) in [6.07, 6.45) is 1.67. The van der Waals surface area contributed by atoms with E-state index in [1.807, 2.05) is 38.1 Å². The molecule has 1 aromatic carbocycles. The van der Waals surface area contributed by atoms with Gasteiger partial charge < -0.3 is 10.2 Å². The fourth-order valence-corrected chi connectivity index (χ4v) is 2.67. The maximum atomic E-state index is 12.4. The zero-order chi connectivity index (χ0) is 19.4. The summed E-state index contributed by atoms with van der Waals surface area (Å²) in [5, 5.41) is 3.38. The number of anilines is 1. The Balaban J connectivity index is 1.61. The second kappa shape index (κ2) is 7.94. The minimum absolute atomic E-state index is 0.143. The van der Waals surface area contributed by atoms with Crippen molar-refractivity contribution >= 4 is 22.8 Å². The molecule has 2 heterocycles. The summed E-state index contributed by atoms with van der Waals surface area (Å²) < 4.78 is 1.46. The highest BCUT2D eigenvalue weighted by Gasteiger charge is 2.08. The summed E-state index contributed by atoms with van der Waals surface area (Å²) in [6.45, 7) is 2.47. The summed E-state index contributed by atoms with van der Waals surface area (Å²) in [6, 6.07) is 9.00. The van der Waals surface area contributed by atoms with Gasteiger partial charge in [0.1, 0.15) is 0 Å². The van der Waals surface area contributed by atoms with Gasteiger partial charge in [-0.05, 0) is 25.1 Å². The van der Waals surface area contributed by atoms with Crippen molar-refractivity contribution in [1.82, 2.24) is 24.8 Å². The first-order chi connectivity index (χ1) is 12.9. The fraction of sp³-hybridized carbons (Fsp3) is 0.316. The number of carbonyl (C=O) groups excluding carboxylic acids is 1. The highest BCUT2D eigenvalue weighted by Crippen LogP contribution is 2.07. The number of nitrogens with zero attached hydrogens (tertiary/aromatic N) is 5. The molecule has 2 aromatic heterocycles. The predicted octanol–water partition coefficient (Wildman–Crippen LogP) is 1.27. The number of nitrogens with one attached hydrogen (secondary N) is 1. The Labute approximate surface area is 156 Å². The van der Waals surface area contributed by atoms with E-state index in [4.69, 9.17) is 0 Å². The molecule has 8 heteroatoms. The first-order valence-corrected chi connectivity index (χ1v) is 8.67. The molecule has 0 saturated carbocycles. The average molecular weight is 366 g/mol. The molecule has 140 valence electrons. The molecule has 0 fully saturated rings. The van der Waals surface area contributed by atoms with Gasteiger partial charge in [-0.25, -0.2) is 15.0 Å². The lowest BCUT2D eigenvalue weighted by atomic mass is 10.2. The summed E-state index contributed by atoms with van der Waals surface area (Å²) in [5.41, 5.74) is 2.09. The van der Waals surface area contributed by atoms with Gasteiger partial charge in [0.15, 0.2) is 0 Å². The Morgan fingerprint density at radius 2 is 2.00 bits per heavy atom. The van der Waals surface area contributed by atoms with Crippen LogP contribution in [0.25, 0.3) is 10.9 Å². The molecule has 0 aliphatic heterocycles. The third-order valence-electron chi connectivity index (χ3n) is 4.07. The molecule has 0 bridgehead atoms. The molecule has 0 unspecified atom stereocenters. The van der Waals surface area contributed by atoms with Crippen LogP contribution in [0.2, 0.25) is 0 Å². The van der Waals surface area contributed by atoms with E-state index in [2.05, 4.69) is 20.3 Å². The van der Waals surface area contributed by atoms with Gasteiger partial charge in [0.2, 0.25) is 11.9 Å². The number of hydrogen-bond acceptors (Lipinski definition) is 6. The van der Waals surface area contributed by atoms with Crippen LogP contribution in [0.3, 0.4) is 0 Å². The van der Waals surface area contributed by atoms with E-state index in [1.165, 1.54) is 10.9 Å². The topological polar surface area (TPSA) is 93.0 Å². The Morgan fingerprint density at radius 3 is 2.78 bits per heavy atom. The number of rotatable bonds is 6.